The van der Waals surface area contributed by atoms with E-state index in [0.717, 1.165) is 6.07 Å². The summed E-state index contributed by atoms with van der Waals surface area (Å²) >= 11 is 0. The molecule has 1 amide bonds. The Labute approximate surface area is 169 Å². The Kier molecular flexibility index (Phi) is 7.29. The molecule has 150 valence electrons. The van der Waals surface area contributed by atoms with Gasteiger partial charge in [-0.1, -0.05) is 12.1 Å². The summed E-state index contributed by atoms with van der Waals surface area (Å²) < 4.78 is 41.1. The van der Waals surface area contributed by atoms with E-state index in [1.165, 1.54) is 48.2 Å². The monoisotopic (exact) mass is 414 g/mol. The first kappa shape index (κ1) is 21.9. The third-order valence-corrected chi connectivity index (χ3v) is 5.47. The Balaban J connectivity index is 2.25. The van der Waals surface area contributed by atoms with E-state index >= 15 is 0 Å². The molecule has 0 fully saturated rings. The van der Waals surface area contributed by atoms with Crippen LogP contribution in [-0.2, 0) is 10.0 Å². The summed E-state index contributed by atoms with van der Waals surface area (Å²) in [6.07, 6.45) is 0.227. The van der Waals surface area contributed by atoms with Crippen molar-refractivity contribution in [2.24, 2.45) is 0 Å². The minimum Gasteiger partial charge on any atom is -0.337 e. The molecule has 7 nitrogen and oxygen atoms in total. The molecule has 0 spiro atoms. The number of nitriles is 2. The zero-order chi connectivity index (χ0) is 21.4. The first-order valence-electron chi connectivity index (χ1n) is 8.70. The van der Waals surface area contributed by atoms with Crippen molar-refractivity contribution in [1.82, 2.24) is 4.90 Å². The van der Waals surface area contributed by atoms with E-state index in [0.29, 0.717) is 5.56 Å². The van der Waals surface area contributed by atoms with E-state index in [1.54, 1.807) is 0 Å². The highest BCUT2D eigenvalue weighted by molar-refractivity contribution is 7.92. The van der Waals surface area contributed by atoms with Gasteiger partial charge >= 0.3 is 0 Å². The molecule has 0 aromatic heterocycles. The molecule has 9 heteroatoms. The van der Waals surface area contributed by atoms with Crippen LogP contribution in [0.2, 0.25) is 0 Å². The molecule has 0 heterocycles. The lowest BCUT2D eigenvalue weighted by Crippen LogP contribution is -2.32. The number of benzene rings is 2. The molecule has 1 N–H and O–H groups in total. The molecule has 0 saturated carbocycles. The maximum absolute atomic E-state index is 13.7. The van der Waals surface area contributed by atoms with E-state index in [-0.39, 0.29) is 42.1 Å². The number of carbonyl (C=O) groups excluding carboxylic acids is 1. The number of amides is 1. The Morgan fingerprint density at radius 3 is 2.34 bits per heavy atom. The molecule has 0 unspecified atom stereocenters. The molecule has 2 aromatic rings. The highest BCUT2D eigenvalue weighted by Gasteiger charge is 2.19. The summed E-state index contributed by atoms with van der Waals surface area (Å²) in [5.74, 6) is -1.06. The van der Waals surface area contributed by atoms with Gasteiger partial charge in [0.25, 0.3) is 15.9 Å². The second-order valence-electron chi connectivity index (χ2n) is 6.21. The Hall–Kier alpha value is -3.43. The van der Waals surface area contributed by atoms with Crippen molar-refractivity contribution < 1.29 is 17.6 Å². The van der Waals surface area contributed by atoms with Gasteiger partial charge < -0.3 is 4.90 Å². The Bertz CT molecular complexity index is 1070. The van der Waals surface area contributed by atoms with E-state index in [9.17, 15) is 17.6 Å². The van der Waals surface area contributed by atoms with Gasteiger partial charge in [-0.25, -0.2) is 12.8 Å². The van der Waals surface area contributed by atoms with E-state index in [4.69, 9.17) is 10.5 Å². The van der Waals surface area contributed by atoms with Gasteiger partial charge in [-0.05, 0) is 42.8 Å². The fourth-order valence-electron chi connectivity index (χ4n) is 2.54. The molecule has 0 radical (unpaired) electrons. The van der Waals surface area contributed by atoms with Crippen LogP contribution in [0, 0.1) is 35.4 Å². The fraction of sp³-hybridized carbons (Fsp3) is 0.250. The average Bonchev–Trinajstić information content (AvgIpc) is 2.69. The van der Waals surface area contributed by atoms with Crippen LogP contribution in [-0.4, -0.2) is 32.3 Å². The van der Waals surface area contributed by atoms with Crippen molar-refractivity contribution in [3.8, 4) is 12.1 Å². The first-order valence-corrected chi connectivity index (χ1v) is 10.2. The third kappa shape index (κ3) is 5.77. The van der Waals surface area contributed by atoms with Crippen LogP contribution < -0.4 is 4.72 Å². The van der Waals surface area contributed by atoms with Gasteiger partial charge in [0, 0.05) is 24.3 Å². The van der Waals surface area contributed by atoms with E-state index in [1.807, 2.05) is 12.1 Å². The maximum atomic E-state index is 13.7. The number of carbonyl (C=O) groups is 1. The van der Waals surface area contributed by atoms with Gasteiger partial charge in [0.2, 0.25) is 0 Å². The topological polar surface area (TPSA) is 114 Å². The number of aryl methyl sites for hydroxylation is 1. The normalized spacial score (nSPS) is 10.6. The second kappa shape index (κ2) is 9.67. The number of nitrogens with one attached hydrogen (secondary N) is 1. The smallest absolute Gasteiger partial charge is 0.261 e. The largest absolute Gasteiger partial charge is 0.337 e. The zero-order valence-corrected chi connectivity index (χ0v) is 16.5. The zero-order valence-electron chi connectivity index (χ0n) is 15.7. The molecule has 2 aromatic carbocycles. The van der Waals surface area contributed by atoms with Crippen LogP contribution in [0.5, 0.6) is 0 Å². The molecule has 0 bridgehead atoms. The summed E-state index contributed by atoms with van der Waals surface area (Å²) in [6.45, 7) is 1.85. The number of anilines is 1. The van der Waals surface area contributed by atoms with Crippen molar-refractivity contribution in [3.63, 3.8) is 0 Å². The molecule has 29 heavy (non-hydrogen) atoms. The third-order valence-electron chi connectivity index (χ3n) is 4.09. The predicted octanol–water partition coefficient (Wildman–Crippen LogP) is 3.20. The molecular weight excluding hydrogens is 395 g/mol. The Morgan fingerprint density at radius 2 is 1.76 bits per heavy atom. The standard InChI is InChI=1S/C20H19FN4O3S/c1-15-7-8-18(14-19(15)21)29(27,28)24-17-6-2-5-16(13-17)20(26)25(11-3-9-22)12-4-10-23/h2,5-8,13-14,24H,3-4,11-12H2,1H3. The molecule has 0 aliphatic carbocycles. The second-order valence-corrected chi connectivity index (χ2v) is 7.89. The van der Waals surface area contributed by atoms with Crippen molar-refractivity contribution in [3.05, 3.63) is 59.4 Å². The van der Waals surface area contributed by atoms with Crippen LogP contribution in [0.25, 0.3) is 0 Å². The van der Waals surface area contributed by atoms with Crippen molar-refractivity contribution in [1.29, 1.82) is 10.5 Å². The lowest BCUT2D eigenvalue weighted by atomic mass is 10.1. The van der Waals surface area contributed by atoms with E-state index < -0.39 is 21.7 Å². The molecule has 0 aliphatic heterocycles. The van der Waals surface area contributed by atoms with E-state index in [2.05, 4.69) is 4.72 Å². The van der Waals surface area contributed by atoms with Crippen LogP contribution in [0.15, 0.2) is 47.4 Å². The van der Waals surface area contributed by atoms with Crippen molar-refractivity contribution >= 4 is 21.6 Å². The Morgan fingerprint density at radius 1 is 1.10 bits per heavy atom. The highest BCUT2D eigenvalue weighted by Crippen LogP contribution is 2.20. The molecule has 0 aliphatic rings. The maximum Gasteiger partial charge on any atom is 0.261 e. The summed E-state index contributed by atoms with van der Waals surface area (Å²) in [6, 6.07) is 13.3. The SMILES string of the molecule is Cc1ccc(S(=O)(=O)Nc2cccc(C(=O)N(CCC#N)CCC#N)c2)cc1F. The van der Waals surface area contributed by atoms with Crippen LogP contribution in [0.3, 0.4) is 0 Å². The quantitative estimate of drug-likeness (QED) is 0.712. The number of halogens is 1. The summed E-state index contributed by atoms with van der Waals surface area (Å²) in [4.78, 5) is 13.8. The minimum absolute atomic E-state index is 0.114. The lowest BCUT2D eigenvalue weighted by Gasteiger charge is -2.20. The number of hydrogen-bond acceptors (Lipinski definition) is 5. The number of nitrogens with zero attached hydrogens (tertiary/aromatic N) is 3. The van der Waals surface area contributed by atoms with Gasteiger partial charge in [0.05, 0.1) is 29.9 Å². The van der Waals surface area contributed by atoms with Gasteiger partial charge in [-0.3, -0.25) is 9.52 Å². The number of rotatable bonds is 8. The predicted molar refractivity (Wildman–Crippen MR) is 105 cm³/mol. The molecule has 0 atom stereocenters. The average molecular weight is 414 g/mol. The summed E-state index contributed by atoms with van der Waals surface area (Å²) in [7, 11) is -4.04. The van der Waals surface area contributed by atoms with Crippen LogP contribution in [0.1, 0.15) is 28.8 Å². The summed E-state index contributed by atoms with van der Waals surface area (Å²) in [5, 5.41) is 17.5. The molecular formula is C20H19FN4O3S. The summed E-state index contributed by atoms with van der Waals surface area (Å²) in [5.41, 5.74) is 0.667. The first-order chi connectivity index (χ1) is 13.8. The van der Waals surface area contributed by atoms with Crippen molar-refractivity contribution in [2.75, 3.05) is 17.8 Å². The van der Waals surface area contributed by atoms with Crippen LogP contribution >= 0.6 is 0 Å². The lowest BCUT2D eigenvalue weighted by molar-refractivity contribution is 0.0762. The molecule has 0 saturated heterocycles. The minimum atomic E-state index is -4.04. The number of hydrogen-bond donors (Lipinski definition) is 1. The van der Waals surface area contributed by atoms with Crippen molar-refractivity contribution in [2.45, 2.75) is 24.7 Å². The fourth-order valence-corrected chi connectivity index (χ4v) is 3.60. The van der Waals surface area contributed by atoms with Gasteiger partial charge in [0.15, 0.2) is 0 Å². The highest BCUT2D eigenvalue weighted by atomic mass is 32.2. The van der Waals surface area contributed by atoms with Crippen LogP contribution in [0.4, 0.5) is 10.1 Å². The van der Waals surface area contributed by atoms with Gasteiger partial charge in [-0.15, -0.1) is 0 Å². The van der Waals surface area contributed by atoms with Gasteiger partial charge in [-0.2, -0.15) is 10.5 Å². The molecule has 2 rings (SSSR count). The van der Waals surface area contributed by atoms with Gasteiger partial charge in [0.1, 0.15) is 5.82 Å². The number of sulfonamides is 1.